The third-order valence-electron chi connectivity index (χ3n) is 3.50. The van der Waals surface area contributed by atoms with Crippen LogP contribution in [0.2, 0.25) is 0 Å². The van der Waals surface area contributed by atoms with Crippen LogP contribution in [-0.4, -0.2) is 18.4 Å². The smallest absolute Gasteiger partial charge is 0.374 e. The number of esters is 1. The number of ketones is 1. The second kappa shape index (κ2) is 10.2. The maximum atomic E-state index is 11.7. The number of carbonyl (C=O) groups excluding carboxylic acids is 2. The predicted octanol–water partition coefficient (Wildman–Crippen LogP) is 3.94. The van der Waals surface area contributed by atoms with Crippen LogP contribution in [-0.2, 0) is 20.9 Å². The maximum Gasteiger partial charge on any atom is 0.374 e. The minimum atomic E-state index is -0.751. The van der Waals surface area contributed by atoms with Gasteiger partial charge in [0.05, 0.1) is 6.61 Å². The van der Waals surface area contributed by atoms with Crippen molar-refractivity contribution in [1.82, 2.24) is 0 Å². The fourth-order valence-electron chi connectivity index (χ4n) is 2.18. The molecule has 0 aliphatic carbocycles. The molecule has 0 bridgehead atoms. The Morgan fingerprint density at radius 3 is 2.17 bits per heavy atom. The molecule has 24 heavy (non-hydrogen) atoms. The summed E-state index contributed by atoms with van der Waals surface area (Å²) >= 11 is 0. The van der Waals surface area contributed by atoms with E-state index in [9.17, 15) is 9.59 Å². The van der Waals surface area contributed by atoms with Gasteiger partial charge in [0.25, 0.3) is 0 Å². The average Bonchev–Trinajstić information content (AvgIpc) is 2.64. The molecule has 0 spiro atoms. The topological polar surface area (TPSA) is 52.6 Å². The number of benzene rings is 2. The Morgan fingerprint density at radius 1 is 0.792 bits per heavy atom. The molecular weight excluding hydrogens is 304 g/mol. The molecule has 4 nitrogen and oxygen atoms in total. The molecule has 0 radical (unpaired) electrons. The number of hydrogen-bond donors (Lipinski definition) is 0. The van der Waals surface area contributed by atoms with Gasteiger partial charge in [0.15, 0.2) is 0 Å². The summed E-state index contributed by atoms with van der Waals surface area (Å²) in [6, 6.07) is 18.9. The van der Waals surface area contributed by atoms with Crippen LogP contribution in [0.25, 0.3) is 0 Å². The normalized spacial score (nSPS) is 10.2. The Bertz CT molecular complexity index is 623. The fourth-order valence-corrected chi connectivity index (χ4v) is 2.18. The third-order valence-corrected chi connectivity index (χ3v) is 3.50. The van der Waals surface area contributed by atoms with E-state index in [4.69, 9.17) is 9.47 Å². The molecule has 2 rings (SSSR count). The number of para-hydroxylation sites is 1. The zero-order valence-corrected chi connectivity index (χ0v) is 13.6. The van der Waals surface area contributed by atoms with E-state index in [0.717, 1.165) is 24.2 Å². The van der Waals surface area contributed by atoms with Gasteiger partial charge in [0.2, 0.25) is 5.78 Å². The largest absolute Gasteiger partial charge is 0.494 e. The first-order valence-electron chi connectivity index (χ1n) is 8.17. The van der Waals surface area contributed by atoms with Crippen LogP contribution in [0.1, 0.15) is 31.2 Å². The molecule has 0 N–H and O–H groups in total. The Balaban J connectivity index is 1.53. The van der Waals surface area contributed by atoms with Crippen molar-refractivity contribution in [3.63, 3.8) is 0 Å². The lowest BCUT2D eigenvalue weighted by atomic mass is 10.1. The van der Waals surface area contributed by atoms with E-state index < -0.39 is 11.8 Å². The highest BCUT2D eigenvalue weighted by Gasteiger charge is 2.14. The number of ether oxygens (including phenoxy) is 2. The molecule has 0 saturated carbocycles. The fraction of sp³-hybridized carbons (Fsp3) is 0.300. The van der Waals surface area contributed by atoms with Crippen LogP contribution in [0, 0.1) is 0 Å². The maximum absolute atomic E-state index is 11.7. The summed E-state index contributed by atoms with van der Waals surface area (Å²) in [6.07, 6.45) is 2.57. The minimum Gasteiger partial charge on any atom is -0.494 e. The van der Waals surface area contributed by atoms with Gasteiger partial charge < -0.3 is 9.47 Å². The van der Waals surface area contributed by atoms with Crippen molar-refractivity contribution in [1.29, 1.82) is 0 Å². The summed E-state index contributed by atoms with van der Waals surface area (Å²) < 4.78 is 10.6. The first-order valence-corrected chi connectivity index (χ1v) is 8.17. The van der Waals surface area contributed by atoms with E-state index in [-0.39, 0.29) is 13.0 Å². The number of hydrogen-bond acceptors (Lipinski definition) is 4. The second-order valence-corrected chi connectivity index (χ2v) is 5.46. The van der Waals surface area contributed by atoms with Crippen LogP contribution < -0.4 is 4.74 Å². The Morgan fingerprint density at radius 2 is 1.46 bits per heavy atom. The van der Waals surface area contributed by atoms with Gasteiger partial charge in [-0.05, 0) is 37.0 Å². The van der Waals surface area contributed by atoms with Gasteiger partial charge in [-0.1, -0.05) is 48.5 Å². The van der Waals surface area contributed by atoms with E-state index in [0.29, 0.717) is 13.0 Å². The van der Waals surface area contributed by atoms with Gasteiger partial charge >= 0.3 is 5.97 Å². The molecule has 0 aromatic heterocycles. The van der Waals surface area contributed by atoms with Gasteiger partial charge in [0.1, 0.15) is 12.4 Å². The van der Waals surface area contributed by atoms with Gasteiger partial charge in [-0.3, -0.25) is 4.79 Å². The van der Waals surface area contributed by atoms with Gasteiger partial charge in [0, 0.05) is 6.42 Å². The van der Waals surface area contributed by atoms with Crippen molar-refractivity contribution in [2.24, 2.45) is 0 Å². The van der Waals surface area contributed by atoms with Crippen molar-refractivity contribution in [3.8, 4) is 5.75 Å². The predicted molar refractivity (Wildman–Crippen MR) is 91.7 cm³/mol. The number of Topliss-reactive ketones (excluding diaryl/α,β-unsaturated/α-hetero) is 1. The zero-order chi connectivity index (χ0) is 17.0. The van der Waals surface area contributed by atoms with Crippen LogP contribution in [0.3, 0.4) is 0 Å². The number of rotatable bonds is 10. The number of unbranched alkanes of at least 4 members (excludes halogenated alkanes) is 2. The Labute approximate surface area is 142 Å². The molecular formula is C20H22O4. The second-order valence-electron chi connectivity index (χ2n) is 5.46. The molecule has 0 saturated heterocycles. The summed E-state index contributed by atoms with van der Waals surface area (Å²) in [5.41, 5.74) is 0.872. The summed E-state index contributed by atoms with van der Waals surface area (Å²) in [7, 11) is 0. The molecule has 0 amide bonds. The minimum absolute atomic E-state index is 0.135. The van der Waals surface area contributed by atoms with Crippen molar-refractivity contribution in [3.05, 3.63) is 66.2 Å². The van der Waals surface area contributed by atoms with E-state index >= 15 is 0 Å². The van der Waals surface area contributed by atoms with Crippen molar-refractivity contribution < 1.29 is 19.1 Å². The Hall–Kier alpha value is -2.62. The first kappa shape index (κ1) is 17.7. The lowest BCUT2D eigenvalue weighted by Gasteiger charge is -2.06. The quantitative estimate of drug-likeness (QED) is 0.377. The lowest BCUT2D eigenvalue weighted by molar-refractivity contribution is -0.154. The first-order chi connectivity index (χ1) is 11.8. The van der Waals surface area contributed by atoms with Gasteiger partial charge in [-0.15, -0.1) is 0 Å². The van der Waals surface area contributed by atoms with Crippen LogP contribution in [0.4, 0.5) is 0 Å². The van der Waals surface area contributed by atoms with E-state index in [1.807, 2.05) is 60.7 Å². The zero-order valence-electron chi connectivity index (χ0n) is 13.6. The number of carbonyl (C=O) groups is 2. The highest BCUT2D eigenvalue weighted by atomic mass is 16.5. The molecule has 2 aromatic rings. The van der Waals surface area contributed by atoms with Crippen molar-refractivity contribution in [2.45, 2.75) is 32.3 Å². The summed E-state index contributed by atoms with van der Waals surface area (Å²) in [4.78, 5) is 23.3. The lowest BCUT2D eigenvalue weighted by Crippen LogP contribution is -2.17. The van der Waals surface area contributed by atoms with Crippen molar-refractivity contribution >= 4 is 11.8 Å². The highest BCUT2D eigenvalue weighted by Crippen LogP contribution is 2.10. The Kier molecular flexibility index (Phi) is 7.54. The molecule has 0 atom stereocenters. The third kappa shape index (κ3) is 6.65. The van der Waals surface area contributed by atoms with Gasteiger partial charge in [-0.2, -0.15) is 0 Å². The van der Waals surface area contributed by atoms with E-state index in [2.05, 4.69) is 0 Å². The summed E-state index contributed by atoms with van der Waals surface area (Å²) in [5, 5.41) is 0. The molecule has 0 unspecified atom stereocenters. The highest BCUT2D eigenvalue weighted by molar-refractivity contribution is 6.33. The van der Waals surface area contributed by atoms with Crippen molar-refractivity contribution in [2.75, 3.05) is 6.61 Å². The van der Waals surface area contributed by atoms with Crippen LogP contribution in [0.5, 0.6) is 5.75 Å². The summed E-state index contributed by atoms with van der Waals surface area (Å²) in [6.45, 7) is 0.743. The molecule has 0 aliphatic rings. The van der Waals surface area contributed by atoms with Crippen LogP contribution in [0.15, 0.2) is 60.7 Å². The molecule has 0 aliphatic heterocycles. The van der Waals surface area contributed by atoms with E-state index in [1.54, 1.807) is 0 Å². The van der Waals surface area contributed by atoms with Gasteiger partial charge in [-0.25, -0.2) is 4.79 Å². The molecule has 2 aromatic carbocycles. The monoisotopic (exact) mass is 326 g/mol. The average molecular weight is 326 g/mol. The SMILES string of the molecule is O=C(CCCCCOc1ccccc1)C(=O)OCc1ccccc1. The summed E-state index contributed by atoms with van der Waals surface area (Å²) in [5.74, 6) is -0.368. The standard InChI is InChI=1S/C20H22O4/c21-19(20(22)24-16-17-10-4-1-5-11-17)14-8-3-9-15-23-18-12-6-2-7-13-18/h1-2,4-7,10-13H,3,8-9,14-16H2. The van der Waals surface area contributed by atoms with Crippen LogP contribution >= 0.6 is 0 Å². The molecule has 0 fully saturated rings. The molecule has 126 valence electrons. The molecule has 4 heteroatoms. The molecule has 0 heterocycles. The van der Waals surface area contributed by atoms with E-state index in [1.165, 1.54) is 0 Å².